The molecule has 0 amide bonds. The molecule has 0 unspecified atom stereocenters. The van der Waals surface area contributed by atoms with Crippen LogP contribution < -0.4 is 10.1 Å². The van der Waals surface area contributed by atoms with Crippen LogP contribution in [0, 0.1) is 5.82 Å². The topological polar surface area (TPSA) is 41.5 Å². The number of aliphatic hydroxyl groups is 1. The summed E-state index contributed by atoms with van der Waals surface area (Å²) in [5.74, 6) is 0.381. The summed E-state index contributed by atoms with van der Waals surface area (Å²) in [4.78, 5) is 0. The number of ether oxygens (including phenoxy) is 1. The lowest BCUT2D eigenvalue weighted by Crippen LogP contribution is -2.15. The van der Waals surface area contributed by atoms with Crippen molar-refractivity contribution in [3.05, 3.63) is 64.4 Å². The summed E-state index contributed by atoms with van der Waals surface area (Å²) in [6.45, 7) is 1.97. The molecule has 0 bridgehead atoms. The minimum atomic E-state index is -0.357. The monoisotopic (exact) mass is 323 g/mol. The first kappa shape index (κ1) is 16.7. The van der Waals surface area contributed by atoms with Crippen molar-refractivity contribution in [3.8, 4) is 5.75 Å². The van der Waals surface area contributed by atoms with E-state index in [2.05, 4.69) is 5.32 Å². The Bertz CT molecular complexity index is 607. The van der Waals surface area contributed by atoms with Crippen molar-refractivity contribution in [2.24, 2.45) is 0 Å². The van der Waals surface area contributed by atoms with Crippen LogP contribution in [0.25, 0.3) is 0 Å². The fourth-order valence-electron chi connectivity index (χ4n) is 1.98. The molecule has 2 aromatic rings. The molecule has 0 heterocycles. The minimum absolute atomic E-state index is 0.189. The lowest BCUT2D eigenvalue weighted by atomic mass is 10.2. The first-order valence-electron chi connectivity index (χ1n) is 7.16. The molecule has 0 aromatic heterocycles. The first-order chi connectivity index (χ1) is 10.7. The summed E-state index contributed by atoms with van der Waals surface area (Å²) >= 11 is 5.97. The van der Waals surface area contributed by atoms with Gasteiger partial charge in [0.1, 0.15) is 18.2 Å². The van der Waals surface area contributed by atoms with Gasteiger partial charge < -0.3 is 15.2 Å². The summed E-state index contributed by atoms with van der Waals surface area (Å²) in [5.41, 5.74) is 1.84. The van der Waals surface area contributed by atoms with Gasteiger partial charge in [-0.2, -0.15) is 0 Å². The molecule has 2 aromatic carbocycles. The number of hydrogen-bond donors (Lipinski definition) is 2. The van der Waals surface area contributed by atoms with Gasteiger partial charge in [0, 0.05) is 18.7 Å². The van der Waals surface area contributed by atoms with Crippen LogP contribution in [0.5, 0.6) is 5.75 Å². The molecule has 5 heteroatoms. The van der Waals surface area contributed by atoms with Gasteiger partial charge >= 0.3 is 0 Å². The van der Waals surface area contributed by atoms with E-state index in [1.165, 1.54) is 12.1 Å². The molecule has 0 radical (unpaired) electrons. The molecule has 3 nitrogen and oxygen atoms in total. The lowest BCUT2D eigenvalue weighted by Gasteiger charge is -2.10. The number of rotatable bonds is 8. The smallest absolute Gasteiger partial charge is 0.124 e. The molecule has 0 spiro atoms. The highest BCUT2D eigenvalue weighted by Gasteiger charge is 2.04. The Morgan fingerprint density at radius 3 is 2.82 bits per heavy atom. The quantitative estimate of drug-likeness (QED) is 0.730. The number of hydrogen-bond acceptors (Lipinski definition) is 3. The predicted molar refractivity (Wildman–Crippen MR) is 85.6 cm³/mol. The maximum absolute atomic E-state index is 13.0. The van der Waals surface area contributed by atoms with Crippen LogP contribution in [0.3, 0.4) is 0 Å². The Morgan fingerprint density at radius 1 is 1.18 bits per heavy atom. The summed E-state index contributed by atoms with van der Waals surface area (Å²) < 4.78 is 18.7. The van der Waals surface area contributed by atoms with Crippen molar-refractivity contribution in [2.45, 2.75) is 19.6 Å². The lowest BCUT2D eigenvalue weighted by molar-refractivity contribution is 0.286. The van der Waals surface area contributed by atoms with Crippen molar-refractivity contribution in [2.75, 3.05) is 13.2 Å². The highest BCUT2D eigenvalue weighted by Crippen LogP contribution is 2.20. The van der Waals surface area contributed by atoms with Gasteiger partial charge in [0.05, 0.1) is 5.02 Å². The van der Waals surface area contributed by atoms with E-state index in [1.54, 1.807) is 6.07 Å². The van der Waals surface area contributed by atoms with Gasteiger partial charge in [-0.05, 0) is 42.8 Å². The molecular formula is C17H19ClFNO2. The van der Waals surface area contributed by atoms with Crippen molar-refractivity contribution >= 4 is 11.6 Å². The maximum Gasteiger partial charge on any atom is 0.124 e. The zero-order valence-electron chi connectivity index (χ0n) is 12.2. The standard InChI is InChI=1S/C17H19ClFNO2/c18-17-10-15(19)6-5-14(17)12-22-16-4-1-3-13(9-16)11-20-7-2-8-21/h1,3-6,9-10,20-21H,2,7-8,11-12H2. The highest BCUT2D eigenvalue weighted by molar-refractivity contribution is 6.31. The third-order valence-electron chi connectivity index (χ3n) is 3.15. The molecule has 0 aliphatic carbocycles. The normalized spacial score (nSPS) is 10.7. The highest BCUT2D eigenvalue weighted by atomic mass is 35.5. The predicted octanol–water partition coefficient (Wildman–Crippen LogP) is 3.53. The molecule has 2 rings (SSSR count). The second-order valence-corrected chi connectivity index (χ2v) is 5.33. The summed E-state index contributed by atoms with van der Waals surface area (Å²) in [5, 5.41) is 12.3. The molecule has 118 valence electrons. The van der Waals surface area contributed by atoms with E-state index >= 15 is 0 Å². The molecule has 0 saturated carbocycles. The second-order valence-electron chi connectivity index (χ2n) is 4.93. The zero-order chi connectivity index (χ0) is 15.8. The SMILES string of the molecule is OCCCNCc1cccc(OCc2ccc(F)cc2Cl)c1. The van der Waals surface area contributed by atoms with Crippen LogP contribution in [0.1, 0.15) is 17.5 Å². The van der Waals surface area contributed by atoms with Crippen LogP contribution >= 0.6 is 11.6 Å². The zero-order valence-corrected chi connectivity index (χ0v) is 12.9. The average molecular weight is 324 g/mol. The van der Waals surface area contributed by atoms with E-state index in [1.807, 2.05) is 24.3 Å². The first-order valence-corrected chi connectivity index (χ1v) is 7.54. The number of nitrogens with one attached hydrogen (secondary N) is 1. The molecule has 0 aliphatic heterocycles. The second kappa shape index (κ2) is 8.73. The van der Waals surface area contributed by atoms with E-state index in [-0.39, 0.29) is 12.4 Å². The molecule has 22 heavy (non-hydrogen) atoms. The molecule has 0 fully saturated rings. The fourth-order valence-corrected chi connectivity index (χ4v) is 2.20. The van der Waals surface area contributed by atoms with Gasteiger partial charge in [-0.15, -0.1) is 0 Å². The van der Waals surface area contributed by atoms with E-state index in [9.17, 15) is 4.39 Å². The molecule has 2 N–H and O–H groups in total. The van der Waals surface area contributed by atoms with Crippen LogP contribution in [0.4, 0.5) is 4.39 Å². The van der Waals surface area contributed by atoms with E-state index < -0.39 is 0 Å². The summed E-state index contributed by atoms with van der Waals surface area (Å²) in [6.07, 6.45) is 0.735. The third-order valence-corrected chi connectivity index (χ3v) is 3.50. The third kappa shape index (κ3) is 5.30. The van der Waals surface area contributed by atoms with Crippen LogP contribution in [0.15, 0.2) is 42.5 Å². The van der Waals surface area contributed by atoms with Crippen LogP contribution in [-0.2, 0) is 13.2 Å². The Labute approximate surface area is 134 Å². The Balaban J connectivity index is 1.89. The van der Waals surface area contributed by atoms with Crippen molar-refractivity contribution in [1.29, 1.82) is 0 Å². The Hall–Kier alpha value is -1.62. The summed E-state index contributed by atoms with van der Waals surface area (Å²) in [6, 6.07) is 12.0. The van der Waals surface area contributed by atoms with Gasteiger partial charge in [0.15, 0.2) is 0 Å². The number of halogens is 2. The van der Waals surface area contributed by atoms with Gasteiger partial charge in [0.25, 0.3) is 0 Å². The number of aliphatic hydroxyl groups excluding tert-OH is 1. The molecule has 0 atom stereocenters. The van der Waals surface area contributed by atoms with Crippen molar-refractivity contribution in [1.82, 2.24) is 5.32 Å². The van der Waals surface area contributed by atoms with Gasteiger partial charge in [0.2, 0.25) is 0 Å². The van der Waals surface area contributed by atoms with Crippen LogP contribution in [0.2, 0.25) is 5.02 Å². The van der Waals surface area contributed by atoms with Crippen molar-refractivity contribution in [3.63, 3.8) is 0 Å². The molecular weight excluding hydrogens is 305 g/mol. The molecule has 0 aliphatic rings. The van der Waals surface area contributed by atoms with Crippen LogP contribution in [-0.4, -0.2) is 18.3 Å². The fraction of sp³-hybridized carbons (Fsp3) is 0.294. The van der Waals surface area contributed by atoms with E-state index in [4.69, 9.17) is 21.4 Å². The largest absolute Gasteiger partial charge is 0.489 e. The number of benzene rings is 2. The van der Waals surface area contributed by atoms with Gasteiger partial charge in [-0.3, -0.25) is 0 Å². The maximum atomic E-state index is 13.0. The van der Waals surface area contributed by atoms with E-state index in [0.29, 0.717) is 18.2 Å². The van der Waals surface area contributed by atoms with Crippen molar-refractivity contribution < 1.29 is 14.2 Å². The van der Waals surface area contributed by atoms with E-state index in [0.717, 1.165) is 29.8 Å². The summed E-state index contributed by atoms with van der Waals surface area (Å²) in [7, 11) is 0. The Kier molecular flexibility index (Phi) is 6.65. The van der Waals surface area contributed by atoms with Gasteiger partial charge in [-0.1, -0.05) is 29.8 Å². The minimum Gasteiger partial charge on any atom is -0.489 e. The Morgan fingerprint density at radius 2 is 2.05 bits per heavy atom. The van der Waals surface area contributed by atoms with Gasteiger partial charge in [-0.25, -0.2) is 4.39 Å². The average Bonchev–Trinajstić information content (AvgIpc) is 2.51. The molecule has 0 saturated heterocycles.